The van der Waals surface area contributed by atoms with Crippen LogP contribution in [0, 0.1) is 5.92 Å². The predicted molar refractivity (Wildman–Crippen MR) is 74.8 cm³/mol. The Morgan fingerprint density at radius 2 is 2.16 bits per heavy atom. The Bertz CT molecular complexity index is 581. The van der Waals surface area contributed by atoms with E-state index in [0.717, 1.165) is 16.5 Å². The van der Waals surface area contributed by atoms with Crippen molar-refractivity contribution in [2.75, 3.05) is 0 Å². The first-order valence-electron chi connectivity index (χ1n) is 6.38. The summed E-state index contributed by atoms with van der Waals surface area (Å²) in [6.45, 7) is 4.34. The Hall–Kier alpha value is -1.94. The minimum Gasteiger partial charge on any atom is -0.480 e. The van der Waals surface area contributed by atoms with Crippen LogP contribution in [0.1, 0.15) is 19.4 Å². The third kappa shape index (κ3) is 3.29. The first kappa shape index (κ1) is 13.5. The maximum atomic E-state index is 11.1. The summed E-state index contributed by atoms with van der Waals surface area (Å²) in [5, 5.41) is 13.3. The fourth-order valence-electron chi connectivity index (χ4n) is 2.07. The molecule has 2 rings (SSSR count). The zero-order valence-electron chi connectivity index (χ0n) is 11.1. The van der Waals surface area contributed by atoms with Crippen LogP contribution in [0.15, 0.2) is 36.5 Å². The van der Waals surface area contributed by atoms with E-state index < -0.39 is 12.0 Å². The van der Waals surface area contributed by atoms with E-state index in [4.69, 9.17) is 5.11 Å². The molecule has 0 amide bonds. The van der Waals surface area contributed by atoms with E-state index in [1.807, 2.05) is 44.2 Å². The average Bonchev–Trinajstić information content (AvgIpc) is 2.38. The quantitative estimate of drug-likeness (QED) is 0.864. The Labute approximate surface area is 112 Å². The summed E-state index contributed by atoms with van der Waals surface area (Å²) in [6, 6.07) is 9.34. The molecule has 1 atom stereocenters. The fourth-order valence-corrected chi connectivity index (χ4v) is 2.07. The summed E-state index contributed by atoms with van der Waals surface area (Å²) >= 11 is 0. The Kier molecular flexibility index (Phi) is 4.12. The van der Waals surface area contributed by atoms with Gasteiger partial charge in [0, 0.05) is 18.1 Å². The van der Waals surface area contributed by atoms with Gasteiger partial charge in [-0.2, -0.15) is 0 Å². The number of aliphatic carboxylic acids is 1. The molecular weight excluding hydrogens is 240 g/mol. The van der Waals surface area contributed by atoms with Crippen LogP contribution in [0.25, 0.3) is 10.9 Å². The first-order chi connectivity index (χ1) is 9.08. The average molecular weight is 258 g/mol. The lowest BCUT2D eigenvalue weighted by molar-refractivity contribution is -0.140. The number of benzene rings is 1. The van der Waals surface area contributed by atoms with Crippen molar-refractivity contribution in [1.82, 2.24) is 10.3 Å². The maximum Gasteiger partial charge on any atom is 0.320 e. The van der Waals surface area contributed by atoms with Crippen LogP contribution in [0.5, 0.6) is 0 Å². The molecular formula is C15H18N2O2. The van der Waals surface area contributed by atoms with E-state index in [1.54, 1.807) is 6.20 Å². The molecule has 0 aliphatic rings. The summed E-state index contributed by atoms with van der Waals surface area (Å²) in [4.78, 5) is 15.4. The van der Waals surface area contributed by atoms with Gasteiger partial charge in [-0.05, 0) is 29.7 Å². The standard InChI is InChI=1S/C15H18N2O2/c1-10(2)14(15(18)19)17-9-11-5-6-13-12(8-11)4-3-7-16-13/h3-8,10,14,17H,9H2,1-2H3,(H,18,19). The number of nitrogens with one attached hydrogen (secondary N) is 1. The molecule has 4 heteroatoms. The Balaban J connectivity index is 2.11. The molecule has 0 spiro atoms. The molecule has 0 fully saturated rings. The summed E-state index contributed by atoms with van der Waals surface area (Å²) in [5.41, 5.74) is 2.01. The van der Waals surface area contributed by atoms with E-state index in [2.05, 4.69) is 10.3 Å². The van der Waals surface area contributed by atoms with E-state index in [9.17, 15) is 4.79 Å². The monoisotopic (exact) mass is 258 g/mol. The lowest BCUT2D eigenvalue weighted by Gasteiger charge is -2.18. The smallest absolute Gasteiger partial charge is 0.320 e. The van der Waals surface area contributed by atoms with Crippen molar-refractivity contribution >= 4 is 16.9 Å². The Morgan fingerprint density at radius 3 is 2.84 bits per heavy atom. The number of fused-ring (bicyclic) bond motifs is 1. The number of aromatic nitrogens is 1. The van der Waals surface area contributed by atoms with Gasteiger partial charge < -0.3 is 10.4 Å². The van der Waals surface area contributed by atoms with Crippen molar-refractivity contribution in [2.24, 2.45) is 5.92 Å². The SMILES string of the molecule is CC(C)C(NCc1ccc2ncccc2c1)C(=O)O. The Morgan fingerprint density at radius 1 is 1.37 bits per heavy atom. The molecule has 0 saturated heterocycles. The molecule has 1 aromatic heterocycles. The fraction of sp³-hybridized carbons (Fsp3) is 0.333. The van der Waals surface area contributed by atoms with Gasteiger partial charge in [0.05, 0.1) is 5.52 Å². The van der Waals surface area contributed by atoms with E-state index in [0.29, 0.717) is 6.54 Å². The van der Waals surface area contributed by atoms with E-state index in [1.165, 1.54) is 0 Å². The lowest BCUT2D eigenvalue weighted by Crippen LogP contribution is -2.40. The van der Waals surface area contributed by atoms with Crippen molar-refractivity contribution in [1.29, 1.82) is 0 Å². The van der Waals surface area contributed by atoms with Gasteiger partial charge in [0.15, 0.2) is 0 Å². The molecule has 100 valence electrons. The molecule has 0 bridgehead atoms. The van der Waals surface area contributed by atoms with Crippen LogP contribution in [-0.4, -0.2) is 22.1 Å². The third-order valence-electron chi connectivity index (χ3n) is 3.13. The number of hydrogen-bond acceptors (Lipinski definition) is 3. The summed E-state index contributed by atoms with van der Waals surface area (Å²) in [6.07, 6.45) is 1.76. The van der Waals surface area contributed by atoms with Gasteiger partial charge in [-0.25, -0.2) is 0 Å². The highest BCUT2D eigenvalue weighted by molar-refractivity contribution is 5.79. The molecule has 1 heterocycles. The third-order valence-corrected chi connectivity index (χ3v) is 3.13. The van der Waals surface area contributed by atoms with Gasteiger partial charge in [-0.3, -0.25) is 9.78 Å². The molecule has 19 heavy (non-hydrogen) atoms. The van der Waals surface area contributed by atoms with Crippen LogP contribution in [-0.2, 0) is 11.3 Å². The number of hydrogen-bond donors (Lipinski definition) is 2. The normalized spacial score (nSPS) is 12.8. The summed E-state index contributed by atoms with van der Waals surface area (Å²) in [5.74, 6) is -0.753. The highest BCUT2D eigenvalue weighted by atomic mass is 16.4. The van der Waals surface area contributed by atoms with Gasteiger partial charge in [-0.1, -0.05) is 26.0 Å². The van der Waals surface area contributed by atoms with Crippen LogP contribution in [0.2, 0.25) is 0 Å². The molecule has 1 aromatic carbocycles. The van der Waals surface area contributed by atoms with Crippen molar-refractivity contribution < 1.29 is 9.90 Å². The zero-order valence-corrected chi connectivity index (χ0v) is 11.1. The molecule has 0 radical (unpaired) electrons. The van der Waals surface area contributed by atoms with Crippen molar-refractivity contribution in [3.8, 4) is 0 Å². The van der Waals surface area contributed by atoms with Gasteiger partial charge in [0.1, 0.15) is 6.04 Å². The van der Waals surface area contributed by atoms with Gasteiger partial charge in [0.25, 0.3) is 0 Å². The second-order valence-corrected chi connectivity index (χ2v) is 4.97. The number of nitrogens with zero attached hydrogens (tertiary/aromatic N) is 1. The van der Waals surface area contributed by atoms with Crippen LogP contribution < -0.4 is 5.32 Å². The molecule has 0 saturated carbocycles. The minimum absolute atomic E-state index is 0.0552. The minimum atomic E-state index is -0.808. The highest BCUT2D eigenvalue weighted by Gasteiger charge is 2.20. The maximum absolute atomic E-state index is 11.1. The summed E-state index contributed by atoms with van der Waals surface area (Å²) < 4.78 is 0. The predicted octanol–water partition coefficient (Wildman–Crippen LogP) is 2.43. The topological polar surface area (TPSA) is 62.2 Å². The number of carboxylic acid groups (broad SMARTS) is 1. The summed E-state index contributed by atoms with van der Waals surface area (Å²) in [7, 11) is 0. The van der Waals surface area contributed by atoms with Crippen LogP contribution in [0.4, 0.5) is 0 Å². The molecule has 2 aromatic rings. The van der Waals surface area contributed by atoms with Crippen LogP contribution in [0.3, 0.4) is 0 Å². The molecule has 0 aliphatic heterocycles. The highest BCUT2D eigenvalue weighted by Crippen LogP contribution is 2.13. The van der Waals surface area contributed by atoms with Crippen molar-refractivity contribution in [2.45, 2.75) is 26.4 Å². The largest absolute Gasteiger partial charge is 0.480 e. The molecule has 2 N–H and O–H groups in total. The zero-order chi connectivity index (χ0) is 13.8. The van der Waals surface area contributed by atoms with Crippen molar-refractivity contribution in [3.63, 3.8) is 0 Å². The molecule has 4 nitrogen and oxygen atoms in total. The number of carboxylic acids is 1. The number of rotatable bonds is 5. The molecule has 1 unspecified atom stereocenters. The second kappa shape index (κ2) is 5.80. The number of pyridine rings is 1. The van der Waals surface area contributed by atoms with Gasteiger partial charge >= 0.3 is 5.97 Å². The van der Waals surface area contributed by atoms with Gasteiger partial charge in [0.2, 0.25) is 0 Å². The van der Waals surface area contributed by atoms with Crippen molar-refractivity contribution in [3.05, 3.63) is 42.1 Å². The second-order valence-electron chi connectivity index (χ2n) is 4.97. The number of carbonyl (C=O) groups is 1. The van der Waals surface area contributed by atoms with E-state index in [-0.39, 0.29) is 5.92 Å². The van der Waals surface area contributed by atoms with E-state index >= 15 is 0 Å². The lowest BCUT2D eigenvalue weighted by atomic mass is 10.0. The first-order valence-corrected chi connectivity index (χ1v) is 6.38. The molecule has 0 aliphatic carbocycles. The van der Waals surface area contributed by atoms with Gasteiger partial charge in [-0.15, -0.1) is 0 Å². The van der Waals surface area contributed by atoms with Crippen LogP contribution >= 0.6 is 0 Å².